The summed E-state index contributed by atoms with van der Waals surface area (Å²) in [4.78, 5) is 58.3. The Hall–Kier alpha value is -3.82. The highest BCUT2D eigenvalue weighted by Crippen LogP contribution is 2.19. The molecule has 0 aliphatic heterocycles. The number of nitrogens with zero attached hydrogens (tertiary/aromatic N) is 1. The summed E-state index contributed by atoms with van der Waals surface area (Å²) in [5, 5.41) is 18.4. The number of aliphatic carboxylic acids is 1. The number of unbranched alkanes of at least 4 members (excludes halogenated alkanes) is 1. The van der Waals surface area contributed by atoms with Crippen molar-refractivity contribution in [1.29, 1.82) is 0 Å². The standard InChI is InChI=1S/C26H41N9O5S/c27-10-4-3-8-20(25(39)40)34-24(38)21(12-15-13-32-18-7-2-1-6-16(15)18)35-23(37)19(9-5-11-31-26(29)30)33-22(36)17(28)14-41/h1-2,6-7,13,17,19-21,32,41H,3-5,8-12,14,27-28H2,(H,33,36)(H,34,38)(H,35,37)(H,39,40)(H4,29,30,31). The van der Waals surface area contributed by atoms with Gasteiger partial charge in [0.05, 0.1) is 6.04 Å². The number of hydrogen-bond donors (Lipinski definition) is 10. The lowest BCUT2D eigenvalue weighted by atomic mass is 10.0. The van der Waals surface area contributed by atoms with Crippen molar-refractivity contribution in [2.75, 3.05) is 18.8 Å². The number of nitrogens with two attached hydrogens (primary N) is 4. The Labute approximate surface area is 243 Å². The molecule has 1 aromatic heterocycles. The first kappa shape index (κ1) is 33.4. The molecule has 14 nitrogen and oxygen atoms in total. The van der Waals surface area contributed by atoms with Gasteiger partial charge in [-0.1, -0.05) is 18.2 Å². The number of nitrogens with one attached hydrogen (secondary N) is 4. The lowest BCUT2D eigenvalue weighted by molar-refractivity contribution is -0.142. The van der Waals surface area contributed by atoms with E-state index in [-0.39, 0.29) is 37.5 Å². The van der Waals surface area contributed by atoms with Gasteiger partial charge in [-0.25, -0.2) is 4.79 Å². The second-order valence-corrected chi connectivity index (χ2v) is 9.97. The zero-order chi connectivity index (χ0) is 30.4. The molecule has 0 fully saturated rings. The molecule has 4 atom stereocenters. The Balaban J connectivity index is 2.31. The zero-order valence-corrected chi connectivity index (χ0v) is 23.7. The summed E-state index contributed by atoms with van der Waals surface area (Å²) in [7, 11) is 0. The minimum Gasteiger partial charge on any atom is -0.480 e. The topological polar surface area (TPSA) is 257 Å². The quantitative estimate of drug-likeness (QED) is 0.0426. The lowest BCUT2D eigenvalue weighted by Crippen LogP contribution is -2.57. The number of H-pyrrole nitrogens is 1. The normalized spacial score (nSPS) is 13.9. The van der Waals surface area contributed by atoms with Gasteiger partial charge in [-0.2, -0.15) is 12.6 Å². The van der Waals surface area contributed by atoms with Crippen molar-refractivity contribution in [3.05, 3.63) is 36.0 Å². The van der Waals surface area contributed by atoms with Crippen LogP contribution in [0.2, 0.25) is 0 Å². The van der Waals surface area contributed by atoms with Crippen molar-refractivity contribution in [3.8, 4) is 0 Å². The Morgan fingerprint density at radius 3 is 2.22 bits per heavy atom. The summed E-state index contributed by atoms with van der Waals surface area (Å²) in [6.45, 7) is 0.607. The van der Waals surface area contributed by atoms with Crippen LogP contribution in [0.25, 0.3) is 10.9 Å². The largest absolute Gasteiger partial charge is 0.480 e. The van der Waals surface area contributed by atoms with Crippen molar-refractivity contribution in [1.82, 2.24) is 20.9 Å². The van der Waals surface area contributed by atoms with Gasteiger partial charge in [0.2, 0.25) is 17.7 Å². The van der Waals surface area contributed by atoms with E-state index in [2.05, 4.69) is 38.6 Å². The van der Waals surface area contributed by atoms with Crippen molar-refractivity contribution >= 4 is 53.2 Å². The molecular weight excluding hydrogens is 550 g/mol. The van der Waals surface area contributed by atoms with Crippen molar-refractivity contribution < 1.29 is 24.3 Å². The summed E-state index contributed by atoms with van der Waals surface area (Å²) in [5.74, 6) is -3.17. The molecule has 0 aliphatic rings. The second kappa shape index (κ2) is 17.1. The smallest absolute Gasteiger partial charge is 0.326 e. The zero-order valence-electron chi connectivity index (χ0n) is 22.8. The Bertz CT molecular complexity index is 1200. The molecule has 1 aromatic carbocycles. The van der Waals surface area contributed by atoms with Gasteiger partial charge < -0.3 is 49.0 Å². The van der Waals surface area contributed by atoms with Crippen molar-refractivity contribution in [2.24, 2.45) is 27.9 Å². The van der Waals surface area contributed by atoms with E-state index in [1.165, 1.54) is 0 Å². The van der Waals surface area contributed by atoms with E-state index in [0.29, 0.717) is 25.8 Å². The molecule has 0 saturated heterocycles. The summed E-state index contributed by atoms with van der Waals surface area (Å²) < 4.78 is 0. The minimum absolute atomic E-state index is 0.0561. The van der Waals surface area contributed by atoms with Gasteiger partial charge in [0.1, 0.15) is 18.1 Å². The highest BCUT2D eigenvalue weighted by Gasteiger charge is 2.30. The van der Waals surface area contributed by atoms with E-state index >= 15 is 0 Å². The molecule has 15 heteroatoms. The van der Waals surface area contributed by atoms with Gasteiger partial charge in [-0.3, -0.25) is 19.4 Å². The number of amides is 3. The number of benzene rings is 1. The van der Waals surface area contributed by atoms with E-state index in [1.54, 1.807) is 6.20 Å². The molecule has 2 aromatic rings. The number of thiol groups is 1. The van der Waals surface area contributed by atoms with E-state index in [4.69, 9.17) is 22.9 Å². The number of aliphatic imine (C=N–C) groups is 1. The van der Waals surface area contributed by atoms with Crippen LogP contribution in [0.5, 0.6) is 0 Å². The van der Waals surface area contributed by atoms with Crippen LogP contribution >= 0.6 is 12.6 Å². The lowest BCUT2D eigenvalue weighted by Gasteiger charge is -2.25. The summed E-state index contributed by atoms with van der Waals surface area (Å²) in [6, 6.07) is 3.10. The fourth-order valence-corrected chi connectivity index (χ4v) is 4.32. The molecule has 0 spiro atoms. The summed E-state index contributed by atoms with van der Waals surface area (Å²) in [5.41, 5.74) is 23.6. The van der Waals surface area contributed by atoms with Crippen LogP contribution in [0.3, 0.4) is 0 Å². The van der Waals surface area contributed by atoms with Crippen molar-refractivity contribution in [2.45, 2.75) is 62.7 Å². The SMILES string of the molecule is NCCCCC(NC(=O)C(Cc1c[nH]c2ccccc12)NC(=O)C(CCCN=C(N)N)NC(=O)C(N)CS)C(=O)O. The van der Waals surface area contributed by atoms with Gasteiger partial charge in [0.15, 0.2) is 5.96 Å². The average molecular weight is 592 g/mol. The number of guanidine groups is 1. The van der Waals surface area contributed by atoms with E-state index < -0.39 is 47.9 Å². The first-order valence-corrected chi connectivity index (χ1v) is 14.0. The van der Waals surface area contributed by atoms with E-state index in [0.717, 1.165) is 16.5 Å². The third kappa shape index (κ3) is 10.9. The van der Waals surface area contributed by atoms with Gasteiger partial charge >= 0.3 is 5.97 Å². The van der Waals surface area contributed by atoms with Gasteiger partial charge in [-0.05, 0) is 50.3 Å². The van der Waals surface area contributed by atoms with Crippen LogP contribution in [-0.4, -0.2) is 82.8 Å². The number of para-hydroxylation sites is 1. The monoisotopic (exact) mass is 591 g/mol. The molecule has 13 N–H and O–H groups in total. The number of carboxylic acids is 1. The third-order valence-electron chi connectivity index (χ3n) is 6.41. The van der Waals surface area contributed by atoms with E-state index in [1.807, 2.05) is 24.3 Å². The number of rotatable bonds is 18. The third-order valence-corrected chi connectivity index (χ3v) is 6.80. The first-order chi connectivity index (χ1) is 19.6. The van der Waals surface area contributed by atoms with Gasteiger partial charge in [-0.15, -0.1) is 0 Å². The molecule has 2 rings (SSSR count). The van der Waals surface area contributed by atoms with Crippen LogP contribution in [0.4, 0.5) is 0 Å². The summed E-state index contributed by atoms with van der Waals surface area (Å²) >= 11 is 4.03. The molecule has 3 amide bonds. The Morgan fingerprint density at radius 1 is 0.927 bits per heavy atom. The number of carbonyl (C=O) groups is 4. The average Bonchev–Trinajstić information content (AvgIpc) is 3.35. The first-order valence-electron chi connectivity index (χ1n) is 13.4. The number of aromatic amines is 1. The predicted octanol–water partition coefficient (Wildman–Crippen LogP) is -1.31. The molecule has 226 valence electrons. The Kier molecular flexibility index (Phi) is 13.9. The van der Waals surface area contributed by atoms with E-state index in [9.17, 15) is 24.3 Å². The summed E-state index contributed by atoms with van der Waals surface area (Å²) in [6.07, 6.45) is 3.55. The highest BCUT2D eigenvalue weighted by molar-refractivity contribution is 7.80. The molecule has 41 heavy (non-hydrogen) atoms. The molecule has 0 radical (unpaired) electrons. The minimum atomic E-state index is -1.20. The van der Waals surface area contributed by atoms with Gasteiger partial charge in [0, 0.05) is 35.8 Å². The highest BCUT2D eigenvalue weighted by atomic mass is 32.1. The number of carboxylic acid groups (broad SMARTS) is 1. The predicted molar refractivity (Wildman–Crippen MR) is 160 cm³/mol. The maximum absolute atomic E-state index is 13.5. The number of hydrogen-bond acceptors (Lipinski definition) is 8. The van der Waals surface area contributed by atoms with Crippen molar-refractivity contribution in [3.63, 3.8) is 0 Å². The molecule has 0 bridgehead atoms. The molecule has 4 unspecified atom stereocenters. The van der Waals surface area contributed by atoms with Crippen LogP contribution in [-0.2, 0) is 25.6 Å². The molecular formula is C26H41N9O5S. The number of aromatic nitrogens is 1. The molecule has 1 heterocycles. The van der Waals surface area contributed by atoms with Gasteiger partial charge in [0.25, 0.3) is 0 Å². The molecule has 0 saturated carbocycles. The second-order valence-electron chi connectivity index (χ2n) is 9.61. The maximum Gasteiger partial charge on any atom is 0.326 e. The number of carbonyl (C=O) groups excluding carboxylic acids is 3. The Morgan fingerprint density at radius 2 is 1.56 bits per heavy atom. The fourth-order valence-electron chi connectivity index (χ4n) is 4.16. The number of fused-ring (bicyclic) bond motifs is 1. The van der Waals surface area contributed by atoms with Crippen LogP contribution in [0, 0.1) is 0 Å². The maximum atomic E-state index is 13.5. The van der Waals surface area contributed by atoms with Crippen LogP contribution in [0.1, 0.15) is 37.7 Å². The van der Waals surface area contributed by atoms with Crippen LogP contribution in [0.15, 0.2) is 35.5 Å². The fraction of sp³-hybridized carbons (Fsp3) is 0.500. The molecule has 0 aliphatic carbocycles. The van der Waals surface area contributed by atoms with Crippen LogP contribution < -0.4 is 38.9 Å².